The van der Waals surface area contributed by atoms with Crippen LogP contribution >= 0.6 is 0 Å². The number of aliphatic carboxylic acids is 1. The van der Waals surface area contributed by atoms with Crippen LogP contribution < -0.4 is 9.84 Å². The van der Waals surface area contributed by atoms with E-state index in [2.05, 4.69) is 6.92 Å². The minimum atomic E-state index is -1.41. The summed E-state index contributed by atoms with van der Waals surface area (Å²) in [6.07, 6.45) is 4.89. The maximum absolute atomic E-state index is 13.4. The fourth-order valence-corrected chi connectivity index (χ4v) is 4.03. The van der Waals surface area contributed by atoms with Crippen molar-refractivity contribution in [3.8, 4) is 5.75 Å². The first-order chi connectivity index (χ1) is 16.8. The van der Waals surface area contributed by atoms with E-state index in [1.54, 1.807) is 45.0 Å². The van der Waals surface area contributed by atoms with E-state index in [-0.39, 0.29) is 30.7 Å². The van der Waals surface area contributed by atoms with E-state index < -0.39 is 29.6 Å². The van der Waals surface area contributed by atoms with Crippen molar-refractivity contribution in [2.75, 3.05) is 6.61 Å². The molecule has 0 fully saturated rings. The summed E-state index contributed by atoms with van der Waals surface area (Å²) in [6, 6.07) is 6.56. The Morgan fingerprint density at radius 2 is 1.56 bits per heavy atom. The van der Waals surface area contributed by atoms with Crippen molar-refractivity contribution in [3.63, 3.8) is 0 Å². The van der Waals surface area contributed by atoms with Crippen LogP contribution in [0.3, 0.4) is 0 Å². The Morgan fingerprint density at radius 3 is 2.06 bits per heavy atom. The molecule has 2 atom stereocenters. The quantitative estimate of drug-likeness (QED) is 0.188. The molecule has 0 aromatic heterocycles. The van der Waals surface area contributed by atoms with Gasteiger partial charge in [-0.2, -0.15) is 0 Å². The predicted molar refractivity (Wildman–Crippen MR) is 133 cm³/mol. The maximum Gasteiger partial charge on any atom is 0.320 e. The van der Waals surface area contributed by atoms with Crippen LogP contribution in [0.25, 0.3) is 0 Å². The van der Waals surface area contributed by atoms with Gasteiger partial charge >= 0.3 is 11.9 Å². The SMILES string of the molecule is CCCCCC(CCCC(Cc1ccc(OCC(=O)[O-])cc1)(C(C)=O)C(=O)OC(C)(C)C)OC(C)=O. The Kier molecular flexibility index (Phi) is 12.6. The molecule has 0 aliphatic rings. The number of esters is 2. The number of rotatable bonds is 16. The van der Waals surface area contributed by atoms with Crippen LogP contribution in [0.4, 0.5) is 0 Å². The fraction of sp³-hybridized carbons (Fsp3) is 0.643. The highest BCUT2D eigenvalue weighted by molar-refractivity contribution is 6.03. The molecule has 1 rings (SSSR count). The van der Waals surface area contributed by atoms with E-state index in [9.17, 15) is 24.3 Å². The number of Topliss-reactive ketones (excluding diaryl/α,β-unsaturated/α-hetero) is 1. The standard InChI is InChI=1S/C28H42O8/c1-7-8-9-11-24(35-21(3)30)12-10-17-28(20(2)29,26(33)36-27(4,5)6)18-22-13-15-23(16-14-22)34-19-25(31)32/h13-16,24H,7-12,17-19H2,1-6H3,(H,31,32)/p-1. The van der Waals surface area contributed by atoms with Crippen molar-refractivity contribution in [3.05, 3.63) is 29.8 Å². The van der Waals surface area contributed by atoms with Crippen molar-refractivity contribution in [2.24, 2.45) is 5.41 Å². The van der Waals surface area contributed by atoms with Gasteiger partial charge in [0.2, 0.25) is 0 Å². The van der Waals surface area contributed by atoms with Gasteiger partial charge in [0, 0.05) is 6.92 Å². The lowest BCUT2D eigenvalue weighted by atomic mass is 9.74. The maximum atomic E-state index is 13.4. The Hall–Kier alpha value is -2.90. The molecule has 0 aliphatic heterocycles. The van der Waals surface area contributed by atoms with Crippen LogP contribution in [0.15, 0.2) is 24.3 Å². The van der Waals surface area contributed by atoms with E-state index in [0.717, 1.165) is 25.7 Å². The van der Waals surface area contributed by atoms with Crippen LogP contribution in [-0.4, -0.2) is 42.0 Å². The second kappa shape index (κ2) is 14.6. The molecule has 0 amide bonds. The molecule has 0 bridgehead atoms. The zero-order chi connectivity index (χ0) is 27.4. The lowest BCUT2D eigenvalue weighted by Crippen LogP contribution is -2.44. The number of carboxylic acids is 1. The lowest BCUT2D eigenvalue weighted by molar-refractivity contribution is -0.307. The molecule has 0 aliphatic carbocycles. The molecule has 0 spiro atoms. The van der Waals surface area contributed by atoms with Crippen LogP contribution in [0.5, 0.6) is 5.75 Å². The van der Waals surface area contributed by atoms with Gasteiger partial charge in [0.15, 0.2) is 0 Å². The van der Waals surface area contributed by atoms with E-state index in [0.29, 0.717) is 24.2 Å². The van der Waals surface area contributed by atoms with Gasteiger partial charge in [-0.15, -0.1) is 0 Å². The van der Waals surface area contributed by atoms with Crippen molar-refractivity contribution < 1.29 is 38.5 Å². The molecule has 8 nitrogen and oxygen atoms in total. The van der Waals surface area contributed by atoms with Crippen LogP contribution in [0.2, 0.25) is 0 Å². The van der Waals surface area contributed by atoms with Crippen LogP contribution in [-0.2, 0) is 35.1 Å². The first-order valence-corrected chi connectivity index (χ1v) is 12.6. The van der Waals surface area contributed by atoms with Crippen molar-refractivity contribution >= 4 is 23.7 Å². The molecule has 1 aromatic carbocycles. The molecule has 0 heterocycles. The molecule has 0 radical (unpaired) electrons. The number of benzene rings is 1. The smallest absolute Gasteiger partial charge is 0.320 e. The molecule has 8 heteroatoms. The zero-order valence-electron chi connectivity index (χ0n) is 22.5. The highest BCUT2D eigenvalue weighted by Crippen LogP contribution is 2.35. The Bertz CT molecular complexity index is 869. The summed E-state index contributed by atoms with van der Waals surface area (Å²) in [7, 11) is 0. The third-order valence-electron chi connectivity index (χ3n) is 5.84. The van der Waals surface area contributed by atoms with Gasteiger partial charge in [-0.3, -0.25) is 14.4 Å². The third-order valence-corrected chi connectivity index (χ3v) is 5.84. The molecule has 0 N–H and O–H groups in total. The number of ketones is 1. The highest BCUT2D eigenvalue weighted by Gasteiger charge is 2.45. The minimum Gasteiger partial charge on any atom is -0.546 e. The summed E-state index contributed by atoms with van der Waals surface area (Å²) < 4.78 is 16.3. The van der Waals surface area contributed by atoms with Gasteiger partial charge in [0.05, 0.1) is 5.97 Å². The monoisotopic (exact) mass is 505 g/mol. The Balaban J connectivity index is 3.12. The first kappa shape index (κ1) is 31.1. The molecule has 0 saturated heterocycles. The lowest BCUT2D eigenvalue weighted by Gasteiger charge is -2.33. The molecule has 2 unspecified atom stereocenters. The number of hydrogen-bond acceptors (Lipinski definition) is 8. The van der Waals surface area contributed by atoms with E-state index in [1.165, 1.54) is 13.8 Å². The summed E-state index contributed by atoms with van der Waals surface area (Å²) in [6.45, 7) is 9.57. The molecule has 1 aromatic rings. The minimum absolute atomic E-state index is 0.117. The van der Waals surface area contributed by atoms with Gasteiger partial charge in [0.1, 0.15) is 35.3 Å². The molecule has 0 saturated carbocycles. The summed E-state index contributed by atoms with van der Waals surface area (Å²) >= 11 is 0. The molecular weight excluding hydrogens is 464 g/mol. The predicted octanol–water partition coefficient (Wildman–Crippen LogP) is 3.96. The van der Waals surface area contributed by atoms with E-state index in [1.807, 2.05) is 0 Å². The third kappa shape index (κ3) is 11.2. The van der Waals surface area contributed by atoms with Crippen molar-refractivity contribution in [2.45, 2.75) is 105 Å². The largest absolute Gasteiger partial charge is 0.546 e. The summed E-state index contributed by atoms with van der Waals surface area (Å²) in [5.41, 5.74) is -1.48. The number of hydrogen-bond donors (Lipinski definition) is 0. The number of unbranched alkanes of at least 4 members (excludes halogenated alkanes) is 2. The summed E-state index contributed by atoms with van der Waals surface area (Å²) in [5.74, 6) is -2.23. The fourth-order valence-electron chi connectivity index (χ4n) is 4.03. The normalized spacial score (nSPS) is 13.8. The van der Waals surface area contributed by atoms with Gasteiger partial charge in [-0.05, 0) is 83.9 Å². The summed E-state index contributed by atoms with van der Waals surface area (Å²) in [5, 5.41) is 10.6. The average molecular weight is 506 g/mol. The Morgan fingerprint density at radius 1 is 0.944 bits per heavy atom. The van der Waals surface area contributed by atoms with Crippen molar-refractivity contribution in [1.29, 1.82) is 0 Å². The van der Waals surface area contributed by atoms with Crippen LogP contribution in [0, 0.1) is 5.41 Å². The number of carbonyl (C=O) groups excluding carboxylic acids is 4. The van der Waals surface area contributed by atoms with Crippen LogP contribution in [0.1, 0.15) is 92.1 Å². The van der Waals surface area contributed by atoms with E-state index in [4.69, 9.17) is 14.2 Å². The molecule has 202 valence electrons. The number of carboxylic acid groups (broad SMARTS) is 1. The van der Waals surface area contributed by atoms with Gasteiger partial charge in [0.25, 0.3) is 0 Å². The first-order valence-electron chi connectivity index (χ1n) is 12.6. The molecule has 36 heavy (non-hydrogen) atoms. The zero-order valence-corrected chi connectivity index (χ0v) is 22.5. The van der Waals surface area contributed by atoms with Crippen molar-refractivity contribution in [1.82, 2.24) is 0 Å². The number of ether oxygens (including phenoxy) is 3. The van der Waals surface area contributed by atoms with Gasteiger partial charge in [-0.1, -0.05) is 31.9 Å². The topological polar surface area (TPSA) is 119 Å². The van der Waals surface area contributed by atoms with E-state index >= 15 is 0 Å². The highest BCUT2D eigenvalue weighted by atomic mass is 16.6. The molecular formula is C28H41O8-. The van der Waals surface area contributed by atoms with Gasteiger partial charge < -0.3 is 24.1 Å². The summed E-state index contributed by atoms with van der Waals surface area (Å²) in [4.78, 5) is 48.6. The van der Waals surface area contributed by atoms with Gasteiger partial charge in [-0.25, -0.2) is 0 Å². The Labute approximate surface area is 214 Å². The second-order valence-electron chi connectivity index (χ2n) is 10.2. The number of carbonyl (C=O) groups is 4. The average Bonchev–Trinajstić information content (AvgIpc) is 2.76. The second-order valence-corrected chi connectivity index (χ2v) is 10.2.